The SMILES string of the molecule is C[C@@H]1C[C@H](C)CN(S(=O)(=O)c2ccc3c(NOCOP(=O)(OC(C)(C)C)OC(C)(C)C)c4ccc(S(=O)(=O)N5C[C@H](C)C[C@H](C)C5)cc4c(N=O)c3c2)C1. The number of sulfonamides is 2. The van der Waals surface area contributed by atoms with Crippen molar-refractivity contribution < 1.29 is 39.8 Å². The lowest BCUT2D eigenvalue weighted by atomic mass is 9.94. The summed E-state index contributed by atoms with van der Waals surface area (Å²) in [5, 5.41) is 4.41. The van der Waals surface area contributed by atoms with Crippen LogP contribution in [0.1, 0.15) is 82.1 Å². The van der Waals surface area contributed by atoms with E-state index in [9.17, 15) is 26.3 Å². The smallest absolute Gasteiger partial charge is 0.281 e. The molecule has 0 bridgehead atoms. The van der Waals surface area contributed by atoms with Gasteiger partial charge in [-0.2, -0.15) is 8.61 Å². The Balaban J connectivity index is 1.61. The molecule has 2 fully saturated rings. The van der Waals surface area contributed by atoms with Gasteiger partial charge < -0.3 is 0 Å². The third-order valence-corrected chi connectivity index (χ3v) is 14.9. The molecule has 2 aliphatic rings. The van der Waals surface area contributed by atoms with E-state index in [2.05, 4.69) is 10.7 Å². The molecule has 2 heterocycles. The average Bonchev–Trinajstić information content (AvgIpc) is 3.03. The van der Waals surface area contributed by atoms with E-state index in [0.29, 0.717) is 37.0 Å². The molecule has 0 saturated carbocycles. The highest BCUT2D eigenvalue weighted by Gasteiger charge is 2.38. The van der Waals surface area contributed by atoms with Crippen molar-refractivity contribution in [3.63, 3.8) is 0 Å². The van der Waals surface area contributed by atoms with E-state index in [0.717, 1.165) is 12.8 Å². The molecule has 54 heavy (non-hydrogen) atoms. The molecule has 2 saturated heterocycles. The number of nitrogens with one attached hydrogen (secondary N) is 1. The number of nitroso groups, excluding NO2 is 1. The normalized spacial score (nSPS) is 22.9. The second-order valence-corrected chi connectivity index (χ2v) is 22.5. The first-order valence-corrected chi connectivity index (χ1v) is 22.7. The summed E-state index contributed by atoms with van der Waals surface area (Å²) >= 11 is 0. The van der Waals surface area contributed by atoms with Gasteiger partial charge in [0.25, 0.3) is 0 Å². The van der Waals surface area contributed by atoms with Crippen LogP contribution in [0.2, 0.25) is 0 Å². The van der Waals surface area contributed by atoms with Crippen LogP contribution in [0.15, 0.2) is 51.4 Å². The molecule has 17 heteroatoms. The monoisotopic (exact) mass is 810 g/mol. The van der Waals surface area contributed by atoms with E-state index in [1.807, 2.05) is 27.7 Å². The van der Waals surface area contributed by atoms with Crippen molar-refractivity contribution in [2.45, 2.75) is 103 Å². The van der Waals surface area contributed by atoms with Gasteiger partial charge in [-0.15, -0.1) is 4.91 Å². The quantitative estimate of drug-likeness (QED) is 0.0463. The zero-order chi connectivity index (χ0) is 40.0. The summed E-state index contributed by atoms with van der Waals surface area (Å²) in [6.45, 7) is 19.1. The number of piperidine rings is 2. The van der Waals surface area contributed by atoms with Crippen molar-refractivity contribution in [1.82, 2.24) is 8.61 Å². The number of fused-ring (bicyclic) bond motifs is 2. The number of phosphoric acid groups is 1. The molecule has 0 aromatic heterocycles. The Labute approximate surface area is 319 Å². The molecule has 1 N–H and O–H groups in total. The minimum atomic E-state index is -4.15. The molecule has 3 aromatic rings. The second-order valence-electron chi connectivity index (χ2n) is 17.1. The van der Waals surface area contributed by atoms with E-state index < -0.39 is 45.9 Å². The van der Waals surface area contributed by atoms with Gasteiger partial charge in [-0.25, -0.2) is 26.2 Å². The minimum Gasteiger partial charge on any atom is -0.281 e. The Bertz CT molecular complexity index is 1990. The fourth-order valence-electron chi connectivity index (χ4n) is 7.53. The largest absolute Gasteiger partial charge is 0.478 e. The Morgan fingerprint density at radius 3 is 1.44 bits per heavy atom. The Kier molecular flexibility index (Phi) is 12.5. The maximum atomic E-state index is 14.0. The summed E-state index contributed by atoms with van der Waals surface area (Å²) in [5.41, 5.74) is 1.20. The Morgan fingerprint density at radius 1 is 0.704 bits per heavy atom. The summed E-state index contributed by atoms with van der Waals surface area (Å²) < 4.78 is 89.5. The lowest BCUT2D eigenvalue weighted by Crippen LogP contribution is -2.42. The predicted molar refractivity (Wildman–Crippen MR) is 210 cm³/mol. The molecule has 4 atom stereocenters. The van der Waals surface area contributed by atoms with Gasteiger partial charge in [-0.3, -0.25) is 19.1 Å². The molecule has 0 aliphatic carbocycles. The van der Waals surface area contributed by atoms with Crippen LogP contribution in [-0.2, 0) is 43.0 Å². The van der Waals surface area contributed by atoms with Crippen LogP contribution in [0.25, 0.3) is 21.5 Å². The second kappa shape index (κ2) is 15.8. The molecular formula is C37H55N4O10PS2. The van der Waals surface area contributed by atoms with Crippen LogP contribution in [0, 0.1) is 28.6 Å². The van der Waals surface area contributed by atoms with Gasteiger partial charge in [0.1, 0.15) is 5.69 Å². The molecule has 14 nitrogen and oxygen atoms in total. The van der Waals surface area contributed by atoms with Gasteiger partial charge in [0.2, 0.25) is 20.0 Å². The molecule has 5 rings (SSSR count). The van der Waals surface area contributed by atoms with E-state index in [1.54, 1.807) is 53.7 Å². The number of benzene rings is 3. The van der Waals surface area contributed by atoms with Crippen LogP contribution in [0.5, 0.6) is 0 Å². The molecule has 0 amide bonds. The fourth-order valence-corrected chi connectivity index (χ4v) is 12.6. The number of rotatable bonds is 12. The number of phosphoric ester groups is 1. The Hall–Kier alpha value is -2.53. The molecule has 0 unspecified atom stereocenters. The van der Waals surface area contributed by atoms with Crippen molar-refractivity contribution in [3.8, 4) is 0 Å². The number of anilines is 1. The first-order chi connectivity index (χ1) is 24.9. The van der Waals surface area contributed by atoms with E-state index in [1.165, 1.54) is 32.9 Å². The van der Waals surface area contributed by atoms with Crippen LogP contribution in [0.3, 0.4) is 0 Å². The van der Waals surface area contributed by atoms with Gasteiger partial charge in [0, 0.05) is 47.7 Å². The van der Waals surface area contributed by atoms with Crippen LogP contribution in [-0.4, -0.2) is 69.6 Å². The van der Waals surface area contributed by atoms with Crippen molar-refractivity contribution in [2.75, 3.05) is 38.5 Å². The van der Waals surface area contributed by atoms with Gasteiger partial charge >= 0.3 is 7.82 Å². The minimum absolute atomic E-state index is 0.0320. The van der Waals surface area contributed by atoms with Crippen molar-refractivity contribution in [3.05, 3.63) is 41.3 Å². The standard InChI is InChI=1S/C37H55N4O10PS2/c1-24-15-25(2)20-40(19-24)53(44,45)28-11-13-30-32(17-28)34(38-42)33-18-29(54(46,47)41-21-26(3)16-27(4)22-41)12-14-31(33)35(30)39-48-23-49-52(43,50-36(5,6)7)51-37(8,9)10/h11-14,17-18,24-27,39H,15-16,19-23H2,1-10H3/t24-,25+,26-,27+. The molecule has 3 aromatic carbocycles. The molecule has 0 radical (unpaired) electrons. The zero-order valence-corrected chi connectivity index (χ0v) is 35.4. The van der Waals surface area contributed by atoms with Crippen LogP contribution >= 0.6 is 7.82 Å². The van der Waals surface area contributed by atoms with E-state index >= 15 is 0 Å². The summed E-state index contributed by atoms with van der Waals surface area (Å²) in [4.78, 5) is 18.4. The fraction of sp³-hybridized carbons (Fsp3) is 0.622. The number of nitrogens with zero attached hydrogens (tertiary/aromatic N) is 3. The number of hydrogen-bond acceptors (Lipinski definition) is 12. The lowest BCUT2D eigenvalue weighted by Gasteiger charge is -2.34. The first kappa shape index (κ1) is 42.6. The van der Waals surface area contributed by atoms with Crippen molar-refractivity contribution in [1.29, 1.82) is 0 Å². The Morgan fingerprint density at radius 2 is 1.09 bits per heavy atom. The van der Waals surface area contributed by atoms with E-state index in [-0.39, 0.29) is 55.6 Å². The lowest BCUT2D eigenvalue weighted by molar-refractivity contribution is -0.0364. The molecule has 300 valence electrons. The van der Waals surface area contributed by atoms with Crippen molar-refractivity contribution in [2.24, 2.45) is 28.8 Å². The zero-order valence-electron chi connectivity index (χ0n) is 32.9. The van der Waals surface area contributed by atoms with Gasteiger partial charge in [0.15, 0.2) is 6.79 Å². The van der Waals surface area contributed by atoms with Crippen LogP contribution < -0.4 is 5.48 Å². The number of hydrogen-bond donors (Lipinski definition) is 1. The highest BCUT2D eigenvalue weighted by atomic mass is 32.2. The summed E-state index contributed by atoms with van der Waals surface area (Å²) in [5.74, 6) is 0.665. The third kappa shape index (κ3) is 9.70. The summed E-state index contributed by atoms with van der Waals surface area (Å²) in [7, 11) is -12.1. The average molecular weight is 811 g/mol. The highest BCUT2D eigenvalue weighted by molar-refractivity contribution is 7.89. The molecule has 2 aliphatic heterocycles. The topological polar surface area (TPSA) is 170 Å². The highest BCUT2D eigenvalue weighted by Crippen LogP contribution is 2.55. The van der Waals surface area contributed by atoms with Gasteiger partial charge in [-0.05, 0) is 107 Å². The predicted octanol–water partition coefficient (Wildman–Crippen LogP) is 8.78. The maximum Gasteiger partial charge on any atom is 0.478 e. The maximum absolute atomic E-state index is 14.0. The van der Waals surface area contributed by atoms with Gasteiger partial charge in [0.05, 0.1) is 26.7 Å². The molecule has 0 spiro atoms. The third-order valence-electron chi connectivity index (χ3n) is 9.28. The van der Waals surface area contributed by atoms with Crippen molar-refractivity contribution >= 4 is 60.8 Å². The first-order valence-electron chi connectivity index (χ1n) is 18.3. The van der Waals surface area contributed by atoms with E-state index in [4.69, 9.17) is 18.4 Å². The summed E-state index contributed by atoms with van der Waals surface area (Å²) in [6.07, 6.45) is 1.82. The summed E-state index contributed by atoms with van der Waals surface area (Å²) in [6, 6.07) is 8.82. The molecular weight excluding hydrogens is 756 g/mol. The van der Waals surface area contributed by atoms with Gasteiger partial charge in [-0.1, -0.05) is 39.8 Å². The van der Waals surface area contributed by atoms with Crippen LogP contribution in [0.4, 0.5) is 11.4 Å².